The third-order valence-corrected chi connectivity index (χ3v) is 16.0. The molecule has 0 nitrogen and oxygen atoms in total. The molecular weight excluding hydrogens is 565 g/mol. The monoisotopic (exact) mass is 626 g/mol. The minimum Gasteiger partial charge on any atom is -0.144 e. The predicted octanol–water partition coefficient (Wildman–Crippen LogP) is 13.6. The molecule has 0 saturated carbocycles. The highest BCUT2D eigenvalue weighted by atomic mass is 32.1. The van der Waals surface area contributed by atoms with E-state index in [1.165, 1.54) is 30.6 Å². The van der Waals surface area contributed by atoms with Crippen molar-refractivity contribution in [3.63, 3.8) is 0 Å². The molecule has 0 aliphatic heterocycles. The number of hydrogen-bond donors (Lipinski definition) is 0. The van der Waals surface area contributed by atoms with Crippen LogP contribution < -0.4 is 0 Å². The molecule has 0 fully saturated rings. The third-order valence-electron chi connectivity index (χ3n) is 10.8. The standard InChI is InChI=1S/C39H62S3/c1-19-39(18,38(16,17)33-27(35(9,10)11)23-29(41-33)25(4)5)31-21-20-30(42-31)36(12,13)37(14,15)32-26(34(6,7)8)22-28(40-32)24(2)3/h20-25H,19H2,1-18H3. The number of rotatable bonds is 9. The van der Waals surface area contributed by atoms with E-state index < -0.39 is 0 Å². The molecule has 0 N–H and O–H groups in total. The predicted molar refractivity (Wildman–Crippen MR) is 195 cm³/mol. The highest BCUT2D eigenvalue weighted by molar-refractivity contribution is 7.13. The van der Waals surface area contributed by atoms with Crippen molar-refractivity contribution < 1.29 is 0 Å². The maximum absolute atomic E-state index is 2.54. The van der Waals surface area contributed by atoms with E-state index in [4.69, 9.17) is 0 Å². The molecule has 236 valence electrons. The van der Waals surface area contributed by atoms with Crippen molar-refractivity contribution in [3.8, 4) is 0 Å². The fourth-order valence-corrected chi connectivity index (χ4v) is 11.1. The first-order valence-electron chi connectivity index (χ1n) is 16.2. The Morgan fingerprint density at radius 2 is 0.905 bits per heavy atom. The van der Waals surface area contributed by atoms with E-state index in [1.54, 1.807) is 9.75 Å². The van der Waals surface area contributed by atoms with E-state index in [9.17, 15) is 0 Å². The first-order chi connectivity index (χ1) is 18.8. The maximum atomic E-state index is 2.54. The lowest BCUT2D eigenvalue weighted by Gasteiger charge is -2.45. The summed E-state index contributed by atoms with van der Waals surface area (Å²) in [5.74, 6) is 1.10. The van der Waals surface area contributed by atoms with E-state index in [0.717, 1.165) is 6.42 Å². The summed E-state index contributed by atoms with van der Waals surface area (Å²) in [6.07, 6.45) is 1.11. The van der Waals surface area contributed by atoms with Gasteiger partial charge in [0, 0.05) is 50.9 Å². The summed E-state index contributed by atoms with van der Waals surface area (Å²) >= 11 is 6.20. The smallest absolute Gasteiger partial charge is 0.0151 e. The van der Waals surface area contributed by atoms with E-state index in [2.05, 4.69) is 183 Å². The van der Waals surface area contributed by atoms with Gasteiger partial charge in [-0.15, -0.1) is 34.0 Å². The van der Waals surface area contributed by atoms with Crippen molar-refractivity contribution in [2.45, 2.75) is 175 Å². The number of hydrogen-bond acceptors (Lipinski definition) is 3. The molecule has 0 radical (unpaired) electrons. The van der Waals surface area contributed by atoms with Gasteiger partial charge in [-0.3, -0.25) is 0 Å². The van der Waals surface area contributed by atoms with Crippen molar-refractivity contribution in [1.29, 1.82) is 0 Å². The van der Waals surface area contributed by atoms with Crippen LogP contribution in [-0.4, -0.2) is 0 Å². The molecule has 0 bridgehead atoms. The molecule has 42 heavy (non-hydrogen) atoms. The van der Waals surface area contributed by atoms with E-state index in [-0.39, 0.29) is 32.5 Å². The van der Waals surface area contributed by atoms with Gasteiger partial charge >= 0.3 is 0 Å². The maximum Gasteiger partial charge on any atom is 0.0151 e. The highest BCUT2D eigenvalue weighted by Gasteiger charge is 2.49. The topological polar surface area (TPSA) is 0 Å². The fraction of sp³-hybridized carbons (Fsp3) is 0.692. The van der Waals surface area contributed by atoms with Gasteiger partial charge in [0.25, 0.3) is 0 Å². The zero-order valence-electron chi connectivity index (χ0n) is 30.4. The molecule has 0 saturated heterocycles. The Morgan fingerprint density at radius 3 is 1.26 bits per heavy atom. The zero-order chi connectivity index (χ0) is 32.4. The Kier molecular flexibility index (Phi) is 9.72. The molecule has 3 aromatic heterocycles. The molecule has 0 spiro atoms. The molecule has 0 amide bonds. The second kappa shape index (κ2) is 11.5. The van der Waals surface area contributed by atoms with Gasteiger partial charge < -0.3 is 0 Å². The Bertz CT molecular complexity index is 1370. The Balaban J connectivity index is 2.16. The molecule has 3 rings (SSSR count). The molecule has 1 unspecified atom stereocenters. The van der Waals surface area contributed by atoms with Crippen LogP contribution in [-0.2, 0) is 32.5 Å². The van der Waals surface area contributed by atoms with Crippen molar-refractivity contribution in [3.05, 3.63) is 64.7 Å². The van der Waals surface area contributed by atoms with Gasteiger partial charge in [-0.2, -0.15) is 0 Å². The van der Waals surface area contributed by atoms with Crippen LogP contribution in [0.5, 0.6) is 0 Å². The van der Waals surface area contributed by atoms with Crippen LogP contribution in [0.25, 0.3) is 0 Å². The molecule has 1 atom stereocenters. The van der Waals surface area contributed by atoms with Crippen LogP contribution in [0.4, 0.5) is 0 Å². The second-order valence-electron chi connectivity index (χ2n) is 17.3. The first-order valence-corrected chi connectivity index (χ1v) is 18.7. The van der Waals surface area contributed by atoms with Crippen LogP contribution in [0, 0.1) is 0 Å². The van der Waals surface area contributed by atoms with Crippen LogP contribution in [0.3, 0.4) is 0 Å². The average molecular weight is 627 g/mol. The molecule has 3 heteroatoms. The van der Waals surface area contributed by atoms with Gasteiger partial charge in [0.05, 0.1) is 0 Å². The van der Waals surface area contributed by atoms with Gasteiger partial charge in [0.2, 0.25) is 0 Å². The van der Waals surface area contributed by atoms with Gasteiger partial charge in [-0.05, 0) is 64.5 Å². The molecule has 3 heterocycles. The van der Waals surface area contributed by atoms with Crippen molar-refractivity contribution in [2.75, 3.05) is 0 Å². The largest absolute Gasteiger partial charge is 0.144 e. The van der Waals surface area contributed by atoms with Crippen LogP contribution in [0.15, 0.2) is 24.3 Å². The minimum absolute atomic E-state index is 0.00325. The SMILES string of the molecule is CCC(C)(c1ccc(C(C)(C)C(C)(C)c2sc(C(C)C)cc2C(C)(C)C)s1)C(C)(C)c1sc(C(C)C)cc1C(C)(C)C. The van der Waals surface area contributed by atoms with Gasteiger partial charge in [-0.1, -0.05) is 125 Å². The summed E-state index contributed by atoms with van der Waals surface area (Å²) in [6, 6.07) is 9.99. The minimum atomic E-state index is -0.0157. The summed E-state index contributed by atoms with van der Waals surface area (Å²) in [5.41, 5.74) is 3.32. The van der Waals surface area contributed by atoms with Crippen LogP contribution >= 0.6 is 34.0 Å². The lowest BCUT2D eigenvalue weighted by Crippen LogP contribution is -2.42. The van der Waals surface area contributed by atoms with E-state index >= 15 is 0 Å². The first kappa shape index (κ1) is 35.6. The normalized spacial score (nSPS) is 15.6. The molecule has 0 aliphatic rings. The Hall–Kier alpha value is -0.900. The lowest BCUT2D eigenvalue weighted by atomic mass is 9.61. The van der Waals surface area contributed by atoms with Crippen molar-refractivity contribution in [2.24, 2.45) is 0 Å². The van der Waals surface area contributed by atoms with Gasteiger partial charge in [0.15, 0.2) is 0 Å². The summed E-state index contributed by atoms with van der Waals surface area (Å²) in [5, 5.41) is 0. The Labute approximate surface area is 272 Å². The quantitative estimate of drug-likeness (QED) is 0.222. The fourth-order valence-electron chi connectivity index (χ4n) is 6.17. The van der Waals surface area contributed by atoms with Gasteiger partial charge in [-0.25, -0.2) is 0 Å². The molecular formula is C39H62S3. The summed E-state index contributed by atoms with van der Waals surface area (Å²) in [7, 11) is 0. The third kappa shape index (κ3) is 6.02. The number of thiophene rings is 3. The summed E-state index contributed by atoms with van der Waals surface area (Å²) < 4.78 is 0. The molecule has 0 aliphatic carbocycles. The average Bonchev–Trinajstić information content (AvgIpc) is 3.60. The van der Waals surface area contributed by atoms with Gasteiger partial charge in [0.1, 0.15) is 0 Å². The summed E-state index contributed by atoms with van der Waals surface area (Å²) in [4.78, 5) is 9.19. The van der Waals surface area contributed by atoms with Crippen molar-refractivity contribution in [1.82, 2.24) is 0 Å². The lowest BCUT2D eigenvalue weighted by molar-refractivity contribution is 0.273. The Morgan fingerprint density at radius 1 is 0.524 bits per heavy atom. The second-order valence-corrected chi connectivity index (χ2v) is 20.6. The van der Waals surface area contributed by atoms with E-state index in [1.807, 2.05) is 0 Å². The zero-order valence-corrected chi connectivity index (χ0v) is 32.8. The highest BCUT2D eigenvalue weighted by Crippen LogP contribution is 2.56. The summed E-state index contributed by atoms with van der Waals surface area (Å²) in [6.45, 7) is 43.6. The molecule has 0 aromatic carbocycles. The van der Waals surface area contributed by atoms with Crippen LogP contribution in [0.2, 0.25) is 0 Å². The van der Waals surface area contributed by atoms with E-state index in [0.29, 0.717) is 11.8 Å². The molecule has 3 aromatic rings. The van der Waals surface area contributed by atoms with Crippen LogP contribution in [0.1, 0.15) is 183 Å². The van der Waals surface area contributed by atoms with Crippen molar-refractivity contribution >= 4 is 34.0 Å².